The number of morpholine rings is 1. The second kappa shape index (κ2) is 12.1. The van der Waals surface area contributed by atoms with Crippen molar-refractivity contribution >= 4 is 23.0 Å². The molecular weight excluding hydrogens is 458 g/mol. The summed E-state index contributed by atoms with van der Waals surface area (Å²) in [4.78, 5) is 21.2. The minimum absolute atomic E-state index is 0.00909. The SMILES string of the molecule is C=C(C)c1cnc2c(NC3CCN(C[C@@H]4CN(C(=O)OCCCC)CCO4)CC3)cc(C(C)O)cn12. The first-order valence-corrected chi connectivity index (χ1v) is 13.2. The maximum absolute atomic E-state index is 12.3. The summed E-state index contributed by atoms with van der Waals surface area (Å²) in [7, 11) is 0. The number of ether oxygens (including phenoxy) is 2. The maximum atomic E-state index is 12.3. The zero-order valence-corrected chi connectivity index (χ0v) is 21.9. The highest BCUT2D eigenvalue weighted by atomic mass is 16.6. The van der Waals surface area contributed by atoms with Gasteiger partial charge >= 0.3 is 6.09 Å². The largest absolute Gasteiger partial charge is 0.449 e. The first-order valence-electron chi connectivity index (χ1n) is 13.2. The van der Waals surface area contributed by atoms with E-state index >= 15 is 0 Å². The lowest BCUT2D eigenvalue weighted by Gasteiger charge is -2.38. The van der Waals surface area contributed by atoms with Crippen LogP contribution in [0, 0.1) is 0 Å². The number of rotatable bonds is 9. The van der Waals surface area contributed by atoms with Crippen molar-refractivity contribution in [3.05, 3.63) is 36.3 Å². The Bertz CT molecular complexity index is 1040. The van der Waals surface area contributed by atoms with E-state index in [1.165, 1.54) is 0 Å². The molecule has 2 aliphatic heterocycles. The molecule has 1 unspecified atom stereocenters. The monoisotopic (exact) mass is 499 g/mol. The minimum Gasteiger partial charge on any atom is -0.449 e. The number of aromatic nitrogens is 2. The van der Waals surface area contributed by atoms with E-state index in [1.54, 1.807) is 11.8 Å². The quantitative estimate of drug-likeness (QED) is 0.505. The number of nitrogens with zero attached hydrogens (tertiary/aromatic N) is 4. The van der Waals surface area contributed by atoms with E-state index in [0.717, 1.165) is 73.5 Å². The number of fused-ring (bicyclic) bond motifs is 1. The number of allylic oxidation sites excluding steroid dienone is 1. The topological polar surface area (TPSA) is 91.6 Å². The molecule has 2 fully saturated rings. The molecule has 0 radical (unpaired) electrons. The standard InChI is InChI=1S/C27H41N5O4/c1-5-6-12-36-27(34)31-11-13-35-23(18-31)17-30-9-7-22(8-10-30)29-24-14-21(20(4)33)16-32-25(19(2)3)15-28-26(24)32/h14-16,20,22-23,29,33H,2,5-13,17-18H2,1,3-4H3/t20?,23-/m1/s1. The van der Waals surface area contributed by atoms with Crippen LogP contribution in [0.1, 0.15) is 63.8 Å². The first-order chi connectivity index (χ1) is 17.4. The van der Waals surface area contributed by atoms with Gasteiger partial charge in [0.25, 0.3) is 0 Å². The highest BCUT2D eigenvalue weighted by Crippen LogP contribution is 2.27. The molecule has 4 heterocycles. The molecule has 2 aromatic heterocycles. The van der Waals surface area contributed by atoms with Crippen LogP contribution in [0.3, 0.4) is 0 Å². The van der Waals surface area contributed by atoms with E-state index in [0.29, 0.717) is 32.3 Å². The number of carbonyl (C=O) groups is 1. The summed E-state index contributed by atoms with van der Waals surface area (Å²) in [5.41, 5.74) is 4.51. The van der Waals surface area contributed by atoms with Gasteiger partial charge in [-0.05, 0) is 50.3 Å². The molecular formula is C27H41N5O4. The molecule has 9 heteroatoms. The van der Waals surface area contributed by atoms with Gasteiger partial charge in [0.2, 0.25) is 0 Å². The van der Waals surface area contributed by atoms with Gasteiger partial charge in [0.1, 0.15) is 0 Å². The number of aliphatic hydroxyl groups excluding tert-OH is 1. The van der Waals surface area contributed by atoms with Crippen LogP contribution in [0.15, 0.2) is 25.0 Å². The van der Waals surface area contributed by atoms with Crippen molar-refractivity contribution in [2.24, 2.45) is 0 Å². The van der Waals surface area contributed by atoms with Crippen LogP contribution >= 0.6 is 0 Å². The van der Waals surface area contributed by atoms with Crippen molar-refractivity contribution in [2.75, 3.05) is 51.3 Å². The molecule has 0 saturated carbocycles. The lowest BCUT2D eigenvalue weighted by atomic mass is 10.0. The highest BCUT2D eigenvalue weighted by Gasteiger charge is 2.28. The number of nitrogens with one attached hydrogen (secondary N) is 1. The fourth-order valence-corrected chi connectivity index (χ4v) is 4.92. The van der Waals surface area contributed by atoms with Gasteiger partial charge in [-0.1, -0.05) is 19.9 Å². The molecule has 2 N–H and O–H groups in total. The smallest absolute Gasteiger partial charge is 0.409 e. The van der Waals surface area contributed by atoms with Crippen molar-refractivity contribution < 1.29 is 19.4 Å². The second-order valence-electron chi connectivity index (χ2n) is 10.1. The van der Waals surface area contributed by atoms with Crippen molar-refractivity contribution in [3.63, 3.8) is 0 Å². The van der Waals surface area contributed by atoms with Gasteiger partial charge in [0.15, 0.2) is 5.65 Å². The second-order valence-corrected chi connectivity index (χ2v) is 10.1. The molecule has 1 amide bonds. The van der Waals surface area contributed by atoms with Gasteiger partial charge in [-0.25, -0.2) is 9.78 Å². The van der Waals surface area contributed by atoms with Crippen molar-refractivity contribution in [2.45, 2.75) is 64.7 Å². The average Bonchev–Trinajstić information content (AvgIpc) is 3.30. The summed E-state index contributed by atoms with van der Waals surface area (Å²) in [5, 5.41) is 13.9. The fraction of sp³-hybridized carbons (Fsp3) is 0.630. The van der Waals surface area contributed by atoms with E-state index in [4.69, 9.17) is 9.47 Å². The summed E-state index contributed by atoms with van der Waals surface area (Å²) < 4.78 is 13.4. The van der Waals surface area contributed by atoms with Crippen LogP contribution in [0.4, 0.5) is 10.5 Å². The van der Waals surface area contributed by atoms with Crippen molar-refractivity contribution in [3.8, 4) is 0 Å². The van der Waals surface area contributed by atoms with E-state index in [2.05, 4.69) is 28.7 Å². The molecule has 0 aliphatic carbocycles. The molecule has 2 aromatic rings. The predicted molar refractivity (Wildman–Crippen MR) is 141 cm³/mol. The van der Waals surface area contributed by atoms with Crippen LogP contribution in [-0.4, -0.2) is 88.5 Å². The van der Waals surface area contributed by atoms with Crippen LogP contribution in [0.5, 0.6) is 0 Å². The van der Waals surface area contributed by atoms with Gasteiger partial charge in [-0.3, -0.25) is 4.40 Å². The van der Waals surface area contributed by atoms with Gasteiger partial charge < -0.3 is 29.7 Å². The third-order valence-electron chi connectivity index (χ3n) is 7.08. The summed E-state index contributed by atoms with van der Waals surface area (Å²) in [5.74, 6) is 0. The summed E-state index contributed by atoms with van der Waals surface area (Å²) in [6, 6.07) is 2.32. The summed E-state index contributed by atoms with van der Waals surface area (Å²) >= 11 is 0. The summed E-state index contributed by atoms with van der Waals surface area (Å²) in [6.45, 7) is 14.8. The number of amides is 1. The molecule has 0 bridgehead atoms. The predicted octanol–water partition coefficient (Wildman–Crippen LogP) is 3.93. The zero-order valence-electron chi connectivity index (χ0n) is 21.9. The minimum atomic E-state index is -0.573. The lowest BCUT2D eigenvalue weighted by molar-refractivity contribution is -0.0430. The number of piperidine rings is 1. The molecule has 0 aromatic carbocycles. The Morgan fingerprint density at radius 1 is 1.36 bits per heavy atom. The summed E-state index contributed by atoms with van der Waals surface area (Å²) in [6.07, 6.45) is 6.89. The van der Waals surface area contributed by atoms with Gasteiger partial charge in [0.05, 0.1) is 49.5 Å². The fourth-order valence-electron chi connectivity index (χ4n) is 4.92. The van der Waals surface area contributed by atoms with Crippen LogP contribution in [-0.2, 0) is 9.47 Å². The Labute approximate surface area is 214 Å². The normalized spacial score (nSPS) is 20.4. The lowest BCUT2D eigenvalue weighted by Crippen LogP contribution is -2.51. The first kappa shape index (κ1) is 26.4. The number of anilines is 1. The Morgan fingerprint density at radius 2 is 2.14 bits per heavy atom. The number of carbonyl (C=O) groups excluding carboxylic acids is 1. The number of aliphatic hydroxyl groups is 1. The number of likely N-dealkylation sites (tertiary alicyclic amines) is 1. The zero-order chi connectivity index (χ0) is 25.7. The van der Waals surface area contributed by atoms with Gasteiger partial charge in [-0.15, -0.1) is 0 Å². The third-order valence-corrected chi connectivity index (χ3v) is 7.08. The van der Waals surface area contributed by atoms with E-state index in [1.807, 2.05) is 29.8 Å². The maximum Gasteiger partial charge on any atom is 0.409 e. The third kappa shape index (κ3) is 6.38. The molecule has 0 spiro atoms. The number of hydrogen-bond acceptors (Lipinski definition) is 7. The molecule has 4 rings (SSSR count). The number of imidazole rings is 1. The molecule has 2 saturated heterocycles. The molecule has 9 nitrogen and oxygen atoms in total. The number of pyridine rings is 1. The molecule has 2 atom stereocenters. The molecule has 2 aliphatic rings. The number of hydrogen-bond donors (Lipinski definition) is 2. The van der Waals surface area contributed by atoms with Crippen molar-refractivity contribution in [1.82, 2.24) is 19.2 Å². The number of unbranched alkanes of at least 4 members (excludes halogenated alkanes) is 1. The van der Waals surface area contributed by atoms with E-state index < -0.39 is 6.10 Å². The Morgan fingerprint density at radius 3 is 2.83 bits per heavy atom. The Kier molecular flexibility index (Phi) is 8.87. The van der Waals surface area contributed by atoms with Crippen LogP contribution in [0.2, 0.25) is 0 Å². The van der Waals surface area contributed by atoms with E-state index in [9.17, 15) is 9.90 Å². The Hall–Kier alpha value is -2.62. The van der Waals surface area contributed by atoms with Gasteiger partial charge in [-0.2, -0.15) is 0 Å². The van der Waals surface area contributed by atoms with Gasteiger partial charge in [0, 0.05) is 38.4 Å². The molecule has 36 heavy (non-hydrogen) atoms. The van der Waals surface area contributed by atoms with Crippen LogP contribution in [0.25, 0.3) is 11.2 Å². The van der Waals surface area contributed by atoms with Crippen LogP contribution < -0.4 is 5.32 Å². The highest BCUT2D eigenvalue weighted by molar-refractivity contribution is 5.73. The Balaban J connectivity index is 1.32. The van der Waals surface area contributed by atoms with E-state index in [-0.39, 0.29) is 12.2 Å². The average molecular weight is 500 g/mol. The molecule has 198 valence electrons. The van der Waals surface area contributed by atoms with Crippen molar-refractivity contribution in [1.29, 1.82) is 0 Å².